The summed E-state index contributed by atoms with van der Waals surface area (Å²) in [5.41, 5.74) is 6.70. The van der Waals surface area contributed by atoms with Crippen molar-refractivity contribution in [3.63, 3.8) is 0 Å². The van der Waals surface area contributed by atoms with Gasteiger partial charge in [0, 0.05) is 25.9 Å². The Bertz CT molecular complexity index is 686. The van der Waals surface area contributed by atoms with Crippen LogP contribution in [0.2, 0.25) is 6.04 Å². The molecule has 2 rings (SSSR count). The molecule has 0 spiro atoms. The van der Waals surface area contributed by atoms with Crippen molar-refractivity contribution in [1.82, 2.24) is 5.32 Å². The van der Waals surface area contributed by atoms with E-state index in [1.807, 2.05) is 81.4 Å². The van der Waals surface area contributed by atoms with E-state index in [2.05, 4.69) is 5.32 Å². The van der Waals surface area contributed by atoms with Crippen LogP contribution >= 0.6 is 0 Å². The van der Waals surface area contributed by atoms with Gasteiger partial charge in [0.25, 0.3) is 0 Å². The van der Waals surface area contributed by atoms with Crippen LogP contribution < -0.4 is 11.1 Å². The lowest BCUT2D eigenvalue weighted by atomic mass is 9.80. The van der Waals surface area contributed by atoms with Crippen molar-refractivity contribution in [3.05, 3.63) is 71.8 Å². The molecular weight excluding hydrogens is 384 g/mol. The summed E-state index contributed by atoms with van der Waals surface area (Å²) in [5.74, 6) is 0. The largest absolute Gasteiger partial charge is 0.501 e. The Morgan fingerprint density at radius 1 is 0.862 bits per heavy atom. The van der Waals surface area contributed by atoms with E-state index in [4.69, 9.17) is 19.0 Å². The number of carbonyl (C=O) groups is 1. The minimum Gasteiger partial charge on any atom is -0.374 e. The van der Waals surface area contributed by atoms with Gasteiger partial charge in [-0.15, -0.1) is 0 Å². The van der Waals surface area contributed by atoms with E-state index in [0.717, 1.165) is 11.1 Å². The standard InChI is InChI=1S/C22H32N2O4Si/c1-4-26-29(27-5-2,28-6-3)18-17-22(24-21(23)25,19-13-9-7-10-14-19)20-15-11-8-12-16-20/h7-16H,4-6,17-18H2,1-3H3,(H3,23,24,25). The molecule has 0 saturated carbocycles. The zero-order valence-corrected chi connectivity index (χ0v) is 18.5. The highest BCUT2D eigenvalue weighted by atomic mass is 28.4. The van der Waals surface area contributed by atoms with Crippen LogP contribution in [0.3, 0.4) is 0 Å². The third-order valence-corrected chi connectivity index (χ3v) is 7.82. The molecule has 0 saturated heterocycles. The van der Waals surface area contributed by atoms with E-state index in [0.29, 0.717) is 32.3 Å². The van der Waals surface area contributed by atoms with Gasteiger partial charge in [0.15, 0.2) is 0 Å². The molecule has 3 N–H and O–H groups in total. The number of benzene rings is 2. The topological polar surface area (TPSA) is 82.8 Å². The number of nitrogens with one attached hydrogen (secondary N) is 1. The summed E-state index contributed by atoms with van der Waals surface area (Å²) in [6.07, 6.45) is 0.524. The molecule has 0 aliphatic heterocycles. The van der Waals surface area contributed by atoms with Crippen LogP contribution in [0.15, 0.2) is 60.7 Å². The molecule has 29 heavy (non-hydrogen) atoms. The van der Waals surface area contributed by atoms with Crippen molar-refractivity contribution in [2.24, 2.45) is 5.73 Å². The number of urea groups is 1. The van der Waals surface area contributed by atoms with E-state index in [9.17, 15) is 4.79 Å². The van der Waals surface area contributed by atoms with Gasteiger partial charge in [0.1, 0.15) is 0 Å². The molecule has 0 aliphatic rings. The number of primary amides is 1. The fourth-order valence-electron chi connectivity index (χ4n) is 3.66. The molecule has 2 aromatic carbocycles. The fraction of sp³-hybridized carbons (Fsp3) is 0.409. The maximum atomic E-state index is 12.1. The highest BCUT2D eigenvalue weighted by Crippen LogP contribution is 2.37. The van der Waals surface area contributed by atoms with Crippen LogP contribution in [-0.4, -0.2) is 34.7 Å². The predicted molar refractivity (Wildman–Crippen MR) is 116 cm³/mol. The first-order chi connectivity index (χ1) is 14.0. The van der Waals surface area contributed by atoms with Crippen molar-refractivity contribution < 1.29 is 18.1 Å². The Kier molecular flexibility index (Phi) is 8.85. The van der Waals surface area contributed by atoms with Crippen LogP contribution in [0.4, 0.5) is 4.79 Å². The number of amides is 2. The van der Waals surface area contributed by atoms with Gasteiger partial charge in [0.2, 0.25) is 0 Å². The molecular formula is C22H32N2O4Si. The number of carbonyl (C=O) groups excluding carboxylic acids is 1. The SMILES string of the molecule is CCO[Si](CCC(NC(N)=O)(c1ccccc1)c1ccccc1)(OCC)OCC. The number of hydrogen-bond acceptors (Lipinski definition) is 4. The van der Waals surface area contributed by atoms with E-state index in [1.165, 1.54) is 0 Å². The van der Waals surface area contributed by atoms with Crippen molar-refractivity contribution in [2.75, 3.05) is 19.8 Å². The molecule has 7 heteroatoms. The van der Waals surface area contributed by atoms with E-state index in [1.54, 1.807) is 0 Å². The third-order valence-electron chi connectivity index (χ3n) is 4.77. The summed E-state index contributed by atoms with van der Waals surface area (Å²) in [4.78, 5) is 12.1. The molecule has 0 fully saturated rings. The van der Waals surface area contributed by atoms with Crippen LogP contribution in [0.5, 0.6) is 0 Å². The third kappa shape index (κ3) is 5.90. The summed E-state index contributed by atoms with van der Waals surface area (Å²) in [6, 6.07) is 19.6. The molecule has 0 aromatic heterocycles. The van der Waals surface area contributed by atoms with Crippen molar-refractivity contribution in [1.29, 1.82) is 0 Å². The average Bonchev–Trinajstić information content (AvgIpc) is 2.73. The van der Waals surface area contributed by atoms with Gasteiger partial charge in [-0.05, 0) is 38.3 Å². The molecule has 0 aliphatic carbocycles. The number of nitrogens with two attached hydrogens (primary N) is 1. The Labute approximate surface area is 174 Å². The minimum absolute atomic E-state index is 0.499. The summed E-state index contributed by atoms with van der Waals surface area (Å²) in [6.45, 7) is 7.30. The number of hydrogen-bond donors (Lipinski definition) is 2. The van der Waals surface area contributed by atoms with Gasteiger partial charge in [0.05, 0.1) is 5.54 Å². The number of rotatable bonds is 12. The molecule has 0 heterocycles. The van der Waals surface area contributed by atoms with Crippen LogP contribution in [-0.2, 0) is 18.8 Å². The fourth-order valence-corrected chi connectivity index (χ4v) is 6.34. The van der Waals surface area contributed by atoms with Gasteiger partial charge in [-0.25, -0.2) is 4.79 Å². The van der Waals surface area contributed by atoms with Crippen LogP contribution in [0, 0.1) is 0 Å². The molecule has 0 bridgehead atoms. The lowest BCUT2D eigenvalue weighted by Gasteiger charge is -2.38. The molecule has 0 atom stereocenters. The summed E-state index contributed by atoms with van der Waals surface area (Å²) >= 11 is 0. The van der Waals surface area contributed by atoms with E-state index >= 15 is 0 Å². The molecule has 6 nitrogen and oxygen atoms in total. The van der Waals surface area contributed by atoms with Crippen molar-refractivity contribution >= 4 is 14.8 Å². The quantitative estimate of drug-likeness (QED) is 0.512. The highest BCUT2D eigenvalue weighted by molar-refractivity contribution is 6.60. The zero-order chi connectivity index (χ0) is 21.2. The first-order valence-electron chi connectivity index (χ1n) is 10.1. The van der Waals surface area contributed by atoms with Crippen LogP contribution in [0.25, 0.3) is 0 Å². The highest BCUT2D eigenvalue weighted by Gasteiger charge is 2.45. The van der Waals surface area contributed by atoms with Gasteiger partial charge in [-0.2, -0.15) is 0 Å². The predicted octanol–water partition coefficient (Wildman–Crippen LogP) is 4.04. The van der Waals surface area contributed by atoms with E-state index < -0.39 is 20.4 Å². The molecule has 158 valence electrons. The summed E-state index contributed by atoms with van der Waals surface area (Å²) in [5, 5.41) is 3.02. The lowest BCUT2D eigenvalue weighted by molar-refractivity contribution is 0.0690. The zero-order valence-electron chi connectivity index (χ0n) is 17.5. The summed E-state index contributed by atoms with van der Waals surface area (Å²) in [7, 11) is -2.91. The smallest absolute Gasteiger partial charge is 0.374 e. The van der Waals surface area contributed by atoms with Gasteiger partial charge in [-0.3, -0.25) is 0 Å². The average molecular weight is 417 g/mol. The normalized spacial score (nSPS) is 12.0. The van der Waals surface area contributed by atoms with Gasteiger partial charge >= 0.3 is 14.8 Å². The van der Waals surface area contributed by atoms with E-state index in [-0.39, 0.29) is 0 Å². The minimum atomic E-state index is -2.91. The Morgan fingerprint density at radius 2 is 1.28 bits per heavy atom. The van der Waals surface area contributed by atoms with Gasteiger partial charge < -0.3 is 24.3 Å². The first kappa shape index (κ1) is 23.1. The molecule has 0 radical (unpaired) electrons. The Morgan fingerprint density at radius 3 is 1.62 bits per heavy atom. The lowest BCUT2D eigenvalue weighted by Crippen LogP contribution is -2.52. The first-order valence-corrected chi connectivity index (χ1v) is 12.1. The Balaban J connectivity index is 2.52. The molecule has 2 amide bonds. The second kappa shape index (κ2) is 11.1. The maximum Gasteiger partial charge on any atom is 0.501 e. The second-order valence-corrected chi connectivity index (χ2v) is 9.34. The second-order valence-electron chi connectivity index (χ2n) is 6.61. The Hall–Kier alpha value is -2.19. The van der Waals surface area contributed by atoms with Crippen LogP contribution in [0.1, 0.15) is 38.3 Å². The molecule has 0 unspecified atom stereocenters. The maximum absolute atomic E-state index is 12.1. The molecule has 2 aromatic rings. The summed E-state index contributed by atoms with van der Waals surface area (Å²) < 4.78 is 18.1. The van der Waals surface area contributed by atoms with Gasteiger partial charge in [-0.1, -0.05) is 60.7 Å². The monoisotopic (exact) mass is 416 g/mol. The van der Waals surface area contributed by atoms with Crippen molar-refractivity contribution in [2.45, 2.75) is 38.8 Å². The van der Waals surface area contributed by atoms with Crippen molar-refractivity contribution in [3.8, 4) is 0 Å².